The second kappa shape index (κ2) is 5.43. The highest BCUT2D eigenvalue weighted by Gasteiger charge is 2.40. The summed E-state index contributed by atoms with van der Waals surface area (Å²) in [5, 5.41) is 10.6. The standard InChI is InChI=1S/C21H14F6O/c1-19(2)15-6-4-11(21(25,26)27)8-14(15)18-13-7-10(20(22,23)24)3-5-12(13)17(28)9-16(18)19/h3-9,28H,1-2H3. The third-order valence-electron chi connectivity index (χ3n) is 5.41. The zero-order valence-electron chi connectivity index (χ0n) is 14.8. The van der Waals surface area contributed by atoms with Gasteiger partial charge in [0.15, 0.2) is 0 Å². The van der Waals surface area contributed by atoms with Crippen LogP contribution in [0.2, 0.25) is 0 Å². The Balaban J connectivity index is 2.14. The zero-order chi connectivity index (χ0) is 20.6. The minimum Gasteiger partial charge on any atom is -0.507 e. The van der Waals surface area contributed by atoms with Gasteiger partial charge in [0.05, 0.1) is 11.1 Å². The van der Waals surface area contributed by atoms with E-state index in [2.05, 4.69) is 0 Å². The van der Waals surface area contributed by atoms with Crippen molar-refractivity contribution in [2.24, 2.45) is 0 Å². The van der Waals surface area contributed by atoms with Crippen molar-refractivity contribution in [3.63, 3.8) is 0 Å². The van der Waals surface area contributed by atoms with Gasteiger partial charge in [-0.1, -0.05) is 26.0 Å². The van der Waals surface area contributed by atoms with Gasteiger partial charge in [-0.05, 0) is 58.0 Å². The lowest BCUT2D eigenvalue weighted by molar-refractivity contribution is -0.138. The van der Waals surface area contributed by atoms with E-state index in [1.54, 1.807) is 13.8 Å². The molecule has 0 aliphatic heterocycles. The highest BCUT2D eigenvalue weighted by molar-refractivity contribution is 6.05. The van der Waals surface area contributed by atoms with Gasteiger partial charge in [0.2, 0.25) is 0 Å². The average molecular weight is 396 g/mol. The van der Waals surface area contributed by atoms with Gasteiger partial charge in [0.1, 0.15) is 5.75 Å². The van der Waals surface area contributed by atoms with Gasteiger partial charge in [0, 0.05) is 10.8 Å². The third-order valence-corrected chi connectivity index (χ3v) is 5.41. The van der Waals surface area contributed by atoms with E-state index in [0.717, 1.165) is 30.3 Å². The quantitative estimate of drug-likeness (QED) is 0.410. The smallest absolute Gasteiger partial charge is 0.416 e. The van der Waals surface area contributed by atoms with E-state index in [-0.39, 0.29) is 22.1 Å². The molecule has 0 bridgehead atoms. The van der Waals surface area contributed by atoms with Crippen molar-refractivity contribution >= 4 is 10.8 Å². The molecule has 0 heterocycles. The Hall–Kier alpha value is -2.70. The number of hydrogen-bond acceptors (Lipinski definition) is 1. The summed E-state index contributed by atoms with van der Waals surface area (Å²) >= 11 is 0. The first-order valence-corrected chi connectivity index (χ1v) is 8.41. The summed E-state index contributed by atoms with van der Waals surface area (Å²) in [6, 6.07) is 7.61. The van der Waals surface area contributed by atoms with Crippen LogP contribution in [0.1, 0.15) is 36.1 Å². The molecule has 0 fully saturated rings. The Bertz CT molecular complexity index is 1120. The number of phenolic OH excluding ortho intramolecular Hbond substituents is 1. The van der Waals surface area contributed by atoms with Crippen molar-refractivity contribution < 1.29 is 31.4 Å². The van der Waals surface area contributed by atoms with Crippen LogP contribution in [0.4, 0.5) is 26.3 Å². The van der Waals surface area contributed by atoms with E-state index < -0.39 is 28.9 Å². The average Bonchev–Trinajstić information content (AvgIpc) is 2.80. The first-order chi connectivity index (χ1) is 12.8. The van der Waals surface area contributed by atoms with Crippen molar-refractivity contribution in [1.29, 1.82) is 0 Å². The Labute approximate surface area is 156 Å². The van der Waals surface area contributed by atoms with E-state index in [4.69, 9.17) is 0 Å². The monoisotopic (exact) mass is 396 g/mol. The van der Waals surface area contributed by atoms with Crippen LogP contribution in [0.5, 0.6) is 5.75 Å². The number of benzene rings is 3. The third kappa shape index (κ3) is 2.56. The second-order valence-corrected chi connectivity index (χ2v) is 7.46. The molecule has 0 aromatic heterocycles. The van der Waals surface area contributed by atoms with Crippen molar-refractivity contribution in [3.05, 3.63) is 64.7 Å². The first-order valence-electron chi connectivity index (χ1n) is 8.41. The molecule has 1 aliphatic rings. The molecule has 1 N–H and O–H groups in total. The maximum Gasteiger partial charge on any atom is 0.416 e. The number of hydrogen-bond donors (Lipinski definition) is 1. The van der Waals surface area contributed by atoms with E-state index in [9.17, 15) is 31.4 Å². The largest absolute Gasteiger partial charge is 0.507 e. The number of aromatic hydroxyl groups is 1. The minimum absolute atomic E-state index is 0.0796. The molecule has 0 amide bonds. The lowest BCUT2D eigenvalue weighted by Gasteiger charge is -2.22. The molecule has 1 aliphatic carbocycles. The SMILES string of the molecule is CC1(C)c2ccc(C(F)(F)F)cc2-c2c1cc(O)c1ccc(C(F)(F)F)cc21. The van der Waals surface area contributed by atoms with Gasteiger partial charge < -0.3 is 5.11 Å². The van der Waals surface area contributed by atoms with E-state index in [1.807, 2.05) is 0 Å². The Morgan fingerprint density at radius 3 is 1.89 bits per heavy atom. The zero-order valence-corrected chi connectivity index (χ0v) is 14.8. The maximum atomic E-state index is 13.2. The number of phenols is 1. The second-order valence-electron chi connectivity index (χ2n) is 7.46. The molecule has 0 radical (unpaired) electrons. The molecular formula is C21H14F6O. The van der Waals surface area contributed by atoms with Crippen LogP contribution in [-0.4, -0.2) is 5.11 Å². The topological polar surface area (TPSA) is 20.2 Å². The molecule has 28 heavy (non-hydrogen) atoms. The van der Waals surface area contributed by atoms with Crippen LogP contribution in [0.15, 0.2) is 42.5 Å². The molecule has 4 rings (SSSR count). The van der Waals surface area contributed by atoms with E-state index >= 15 is 0 Å². The molecule has 7 heteroatoms. The summed E-state index contributed by atoms with van der Waals surface area (Å²) in [7, 11) is 0. The number of alkyl halides is 6. The summed E-state index contributed by atoms with van der Waals surface area (Å²) in [6.07, 6.45) is -9.19. The molecule has 146 valence electrons. The highest BCUT2D eigenvalue weighted by atomic mass is 19.4. The van der Waals surface area contributed by atoms with Crippen LogP contribution >= 0.6 is 0 Å². The number of fused-ring (bicyclic) bond motifs is 5. The Morgan fingerprint density at radius 1 is 0.714 bits per heavy atom. The molecule has 1 nitrogen and oxygen atoms in total. The fourth-order valence-electron chi connectivity index (χ4n) is 3.98. The maximum absolute atomic E-state index is 13.2. The van der Waals surface area contributed by atoms with E-state index in [1.165, 1.54) is 12.1 Å². The van der Waals surface area contributed by atoms with Crippen LogP contribution in [-0.2, 0) is 17.8 Å². The normalized spacial score (nSPS) is 15.6. The summed E-state index contributed by atoms with van der Waals surface area (Å²) in [5.74, 6) is -0.209. The lowest BCUT2D eigenvalue weighted by atomic mass is 9.81. The van der Waals surface area contributed by atoms with Crippen molar-refractivity contribution in [1.82, 2.24) is 0 Å². The molecule has 0 spiro atoms. The summed E-state index contributed by atoms with van der Waals surface area (Å²) in [4.78, 5) is 0. The number of halogens is 6. The highest BCUT2D eigenvalue weighted by Crippen LogP contribution is 2.54. The molecule has 0 saturated carbocycles. The molecule has 0 atom stereocenters. The molecule has 3 aromatic carbocycles. The fraction of sp³-hybridized carbons (Fsp3) is 0.238. The van der Waals surface area contributed by atoms with Crippen LogP contribution < -0.4 is 0 Å². The first kappa shape index (κ1) is 18.7. The minimum atomic E-state index is -4.61. The summed E-state index contributed by atoms with van der Waals surface area (Å²) in [5.41, 5.74) is -0.974. The van der Waals surface area contributed by atoms with Gasteiger partial charge in [0.25, 0.3) is 0 Å². The van der Waals surface area contributed by atoms with Gasteiger partial charge >= 0.3 is 12.4 Å². The molecule has 3 aromatic rings. The fourth-order valence-corrected chi connectivity index (χ4v) is 3.98. The van der Waals surface area contributed by atoms with Crippen LogP contribution in [0.3, 0.4) is 0 Å². The van der Waals surface area contributed by atoms with Crippen molar-refractivity contribution in [2.45, 2.75) is 31.6 Å². The predicted octanol–water partition coefficient (Wildman–Crippen LogP) is 6.89. The van der Waals surface area contributed by atoms with Gasteiger partial charge in [-0.2, -0.15) is 26.3 Å². The Morgan fingerprint density at radius 2 is 1.29 bits per heavy atom. The lowest BCUT2D eigenvalue weighted by Crippen LogP contribution is -2.15. The van der Waals surface area contributed by atoms with Gasteiger partial charge in [-0.3, -0.25) is 0 Å². The predicted molar refractivity (Wildman–Crippen MR) is 93.2 cm³/mol. The van der Waals surface area contributed by atoms with E-state index in [0.29, 0.717) is 16.7 Å². The molecule has 0 unspecified atom stereocenters. The van der Waals surface area contributed by atoms with Gasteiger partial charge in [-0.15, -0.1) is 0 Å². The Kier molecular flexibility index (Phi) is 3.62. The molecule has 0 saturated heterocycles. The van der Waals surface area contributed by atoms with Crippen LogP contribution in [0.25, 0.3) is 21.9 Å². The number of rotatable bonds is 0. The van der Waals surface area contributed by atoms with Gasteiger partial charge in [-0.25, -0.2) is 0 Å². The summed E-state index contributed by atoms with van der Waals surface area (Å²) < 4.78 is 79.4. The van der Waals surface area contributed by atoms with Crippen molar-refractivity contribution in [3.8, 4) is 16.9 Å². The van der Waals surface area contributed by atoms with Crippen molar-refractivity contribution in [2.75, 3.05) is 0 Å². The molecular weight excluding hydrogens is 382 g/mol. The van der Waals surface area contributed by atoms with Crippen LogP contribution in [0, 0.1) is 0 Å². The summed E-state index contributed by atoms with van der Waals surface area (Å²) in [6.45, 7) is 3.54.